The van der Waals surface area contributed by atoms with Gasteiger partial charge in [0.2, 0.25) is 0 Å². The van der Waals surface area contributed by atoms with Gasteiger partial charge in [0, 0.05) is 24.8 Å². The minimum Gasteiger partial charge on any atom is -0.377 e. The van der Waals surface area contributed by atoms with E-state index < -0.39 is 0 Å². The molecule has 5 heteroatoms. The highest BCUT2D eigenvalue weighted by Crippen LogP contribution is 2.20. The molecule has 0 bridgehead atoms. The maximum Gasteiger partial charge on any atom is 0.136 e. The summed E-state index contributed by atoms with van der Waals surface area (Å²) in [5.74, 6) is 1.05. The molecule has 1 saturated heterocycles. The van der Waals surface area contributed by atoms with Gasteiger partial charge in [-0.3, -0.25) is 0 Å². The van der Waals surface area contributed by atoms with Gasteiger partial charge >= 0.3 is 0 Å². The van der Waals surface area contributed by atoms with Crippen molar-refractivity contribution in [3.8, 4) is 0 Å². The summed E-state index contributed by atoms with van der Waals surface area (Å²) in [6.07, 6.45) is 4.67. The maximum absolute atomic E-state index is 5.47. The lowest BCUT2D eigenvalue weighted by atomic mass is 10.2. The SMILES string of the molecule is CCCNCc1cncnc1N1CCOCC1C. The normalized spacial score (nSPS) is 20.1. The molecule has 1 atom stereocenters. The van der Waals surface area contributed by atoms with Crippen LogP contribution in [0.25, 0.3) is 0 Å². The predicted octanol–water partition coefficient (Wildman–Crippen LogP) is 1.20. The Balaban J connectivity index is 2.10. The fourth-order valence-electron chi connectivity index (χ4n) is 2.18. The molecule has 1 fully saturated rings. The van der Waals surface area contributed by atoms with Gasteiger partial charge in [0.05, 0.1) is 19.3 Å². The van der Waals surface area contributed by atoms with Crippen LogP contribution in [-0.2, 0) is 11.3 Å². The monoisotopic (exact) mass is 250 g/mol. The molecule has 0 aliphatic carbocycles. The lowest BCUT2D eigenvalue weighted by molar-refractivity contribution is 0.0984. The molecule has 0 spiro atoms. The smallest absolute Gasteiger partial charge is 0.136 e. The van der Waals surface area contributed by atoms with Crippen molar-refractivity contribution in [2.45, 2.75) is 32.9 Å². The van der Waals surface area contributed by atoms with Crippen LogP contribution in [0.2, 0.25) is 0 Å². The summed E-state index contributed by atoms with van der Waals surface area (Å²) in [4.78, 5) is 10.9. The van der Waals surface area contributed by atoms with Crippen LogP contribution in [-0.4, -0.2) is 42.3 Å². The molecule has 1 N–H and O–H groups in total. The van der Waals surface area contributed by atoms with E-state index in [0.717, 1.165) is 45.1 Å². The van der Waals surface area contributed by atoms with Crippen molar-refractivity contribution in [2.24, 2.45) is 0 Å². The highest BCUT2D eigenvalue weighted by atomic mass is 16.5. The van der Waals surface area contributed by atoms with Gasteiger partial charge in [0.25, 0.3) is 0 Å². The molecule has 2 heterocycles. The quantitative estimate of drug-likeness (QED) is 0.796. The van der Waals surface area contributed by atoms with E-state index in [4.69, 9.17) is 4.74 Å². The van der Waals surface area contributed by atoms with Crippen molar-refractivity contribution in [3.63, 3.8) is 0 Å². The van der Waals surface area contributed by atoms with Crippen molar-refractivity contribution in [2.75, 3.05) is 31.2 Å². The Morgan fingerprint density at radius 3 is 3.22 bits per heavy atom. The van der Waals surface area contributed by atoms with Crippen LogP contribution < -0.4 is 10.2 Å². The lowest BCUT2D eigenvalue weighted by Gasteiger charge is -2.35. The molecule has 18 heavy (non-hydrogen) atoms. The Hall–Kier alpha value is -1.20. The molecule has 0 amide bonds. The second kappa shape index (κ2) is 6.66. The van der Waals surface area contributed by atoms with E-state index >= 15 is 0 Å². The van der Waals surface area contributed by atoms with E-state index in [2.05, 4.69) is 34.0 Å². The van der Waals surface area contributed by atoms with E-state index in [0.29, 0.717) is 6.04 Å². The largest absolute Gasteiger partial charge is 0.377 e. The van der Waals surface area contributed by atoms with E-state index in [1.165, 1.54) is 5.56 Å². The van der Waals surface area contributed by atoms with E-state index in [9.17, 15) is 0 Å². The third-order valence-electron chi connectivity index (χ3n) is 3.15. The molecule has 1 aliphatic heterocycles. The average molecular weight is 250 g/mol. The lowest BCUT2D eigenvalue weighted by Crippen LogP contribution is -2.44. The van der Waals surface area contributed by atoms with Gasteiger partial charge in [-0.05, 0) is 19.9 Å². The Morgan fingerprint density at radius 2 is 2.44 bits per heavy atom. The first kappa shape index (κ1) is 13.2. The molecule has 100 valence electrons. The topological polar surface area (TPSA) is 50.3 Å². The van der Waals surface area contributed by atoms with Crippen LogP contribution in [0.1, 0.15) is 25.8 Å². The summed E-state index contributed by atoms with van der Waals surface area (Å²) in [5.41, 5.74) is 1.17. The van der Waals surface area contributed by atoms with Crippen LogP contribution in [0, 0.1) is 0 Å². The number of hydrogen-bond acceptors (Lipinski definition) is 5. The number of morpholine rings is 1. The number of aromatic nitrogens is 2. The Labute approximate surface area is 109 Å². The van der Waals surface area contributed by atoms with Gasteiger partial charge in [0.15, 0.2) is 0 Å². The first-order valence-corrected chi connectivity index (χ1v) is 6.67. The number of anilines is 1. The number of rotatable bonds is 5. The summed E-state index contributed by atoms with van der Waals surface area (Å²) in [6, 6.07) is 0.374. The Kier molecular flexibility index (Phi) is 4.90. The first-order chi connectivity index (χ1) is 8.83. The molecule has 1 unspecified atom stereocenters. The molecule has 1 aromatic rings. The third-order valence-corrected chi connectivity index (χ3v) is 3.15. The molecule has 2 rings (SSSR count). The molecule has 1 aliphatic rings. The van der Waals surface area contributed by atoms with Crippen LogP contribution in [0.15, 0.2) is 12.5 Å². The minimum absolute atomic E-state index is 0.374. The second-order valence-corrected chi connectivity index (χ2v) is 4.67. The van der Waals surface area contributed by atoms with Crippen molar-refractivity contribution < 1.29 is 4.74 Å². The highest BCUT2D eigenvalue weighted by molar-refractivity contribution is 5.46. The van der Waals surface area contributed by atoms with Gasteiger partial charge in [-0.25, -0.2) is 9.97 Å². The summed E-state index contributed by atoms with van der Waals surface area (Å²) in [7, 11) is 0. The molecular weight excluding hydrogens is 228 g/mol. The summed E-state index contributed by atoms with van der Waals surface area (Å²) >= 11 is 0. The van der Waals surface area contributed by atoms with Gasteiger partial charge in [-0.15, -0.1) is 0 Å². The predicted molar refractivity (Wildman–Crippen MR) is 71.7 cm³/mol. The fourth-order valence-corrected chi connectivity index (χ4v) is 2.18. The maximum atomic E-state index is 5.47. The zero-order chi connectivity index (χ0) is 12.8. The minimum atomic E-state index is 0.374. The molecule has 0 radical (unpaired) electrons. The molecular formula is C13H22N4O. The third kappa shape index (κ3) is 3.17. The van der Waals surface area contributed by atoms with Gasteiger partial charge < -0.3 is 15.0 Å². The van der Waals surface area contributed by atoms with Crippen LogP contribution in [0.3, 0.4) is 0 Å². The van der Waals surface area contributed by atoms with Crippen LogP contribution >= 0.6 is 0 Å². The number of nitrogens with zero attached hydrogens (tertiary/aromatic N) is 3. The summed E-state index contributed by atoms with van der Waals surface area (Å²) in [5, 5.41) is 3.41. The highest BCUT2D eigenvalue weighted by Gasteiger charge is 2.22. The van der Waals surface area contributed by atoms with E-state index in [-0.39, 0.29) is 0 Å². The molecule has 5 nitrogen and oxygen atoms in total. The Bertz CT molecular complexity index is 372. The van der Waals surface area contributed by atoms with Crippen molar-refractivity contribution >= 4 is 5.82 Å². The second-order valence-electron chi connectivity index (χ2n) is 4.67. The summed E-state index contributed by atoms with van der Waals surface area (Å²) in [6.45, 7) is 8.63. The van der Waals surface area contributed by atoms with Crippen molar-refractivity contribution in [1.82, 2.24) is 15.3 Å². The molecule has 0 aromatic carbocycles. The number of hydrogen-bond donors (Lipinski definition) is 1. The zero-order valence-corrected chi connectivity index (χ0v) is 11.2. The van der Waals surface area contributed by atoms with Crippen LogP contribution in [0.5, 0.6) is 0 Å². The van der Waals surface area contributed by atoms with Crippen molar-refractivity contribution in [1.29, 1.82) is 0 Å². The summed E-state index contributed by atoms with van der Waals surface area (Å²) < 4.78 is 5.47. The fraction of sp³-hybridized carbons (Fsp3) is 0.692. The van der Waals surface area contributed by atoms with Crippen LogP contribution in [0.4, 0.5) is 5.82 Å². The number of nitrogens with one attached hydrogen (secondary N) is 1. The molecule has 0 saturated carbocycles. The van der Waals surface area contributed by atoms with Crippen molar-refractivity contribution in [3.05, 3.63) is 18.1 Å². The van der Waals surface area contributed by atoms with E-state index in [1.54, 1.807) is 6.33 Å². The number of ether oxygens (including phenoxy) is 1. The van der Waals surface area contributed by atoms with Gasteiger partial charge in [0.1, 0.15) is 12.1 Å². The zero-order valence-electron chi connectivity index (χ0n) is 11.2. The Morgan fingerprint density at radius 1 is 1.56 bits per heavy atom. The molecule has 1 aromatic heterocycles. The van der Waals surface area contributed by atoms with E-state index in [1.807, 2.05) is 6.20 Å². The van der Waals surface area contributed by atoms with Gasteiger partial charge in [-0.1, -0.05) is 6.92 Å². The van der Waals surface area contributed by atoms with Gasteiger partial charge in [-0.2, -0.15) is 0 Å². The standard InChI is InChI=1S/C13H22N4O/c1-3-4-14-7-12-8-15-10-16-13(12)17-5-6-18-9-11(17)2/h8,10-11,14H,3-7,9H2,1-2H3. The first-order valence-electron chi connectivity index (χ1n) is 6.67. The average Bonchev–Trinajstić information content (AvgIpc) is 2.40.